The standard InChI is InChI=1S/C17H22N2O2/c1-3-14-11-17(21-18-14)16-5-4-10-19(16)12-13-6-8-15(20-2)9-7-13/h6-9,11,16H,3-5,10,12H2,1-2H3/t16-/m1/s1. The molecule has 1 aliphatic rings. The smallest absolute Gasteiger partial charge is 0.154 e. The van der Waals surface area contributed by atoms with E-state index in [-0.39, 0.29) is 0 Å². The number of hydrogen-bond donors (Lipinski definition) is 0. The van der Waals surface area contributed by atoms with E-state index >= 15 is 0 Å². The lowest BCUT2D eigenvalue weighted by Crippen LogP contribution is -2.22. The molecular formula is C17H22N2O2. The number of methoxy groups -OCH3 is 1. The number of likely N-dealkylation sites (tertiary alicyclic amines) is 1. The van der Waals surface area contributed by atoms with Gasteiger partial charge in [-0.25, -0.2) is 0 Å². The van der Waals surface area contributed by atoms with Gasteiger partial charge in [-0.1, -0.05) is 24.2 Å². The van der Waals surface area contributed by atoms with Crippen LogP contribution in [-0.4, -0.2) is 23.7 Å². The van der Waals surface area contributed by atoms with Gasteiger partial charge < -0.3 is 9.26 Å². The molecule has 0 bridgehead atoms. The van der Waals surface area contributed by atoms with Gasteiger partial charge in [0.2, 0.25) is 0 Å². The molecule has 2 heterocycles. The second-order valence-corrected chi connectivity index (χ2v) is 5.55. The molecule has 2 aromatic rings. The second kappa shape index (κ2) is 6.31. The molecule has 1 saturated heterocycles. The summed E-state index contributed by atoms with van der Waals surface area (Å²) in [6.07, 6.45) is 3.28. The molecule has 21 heavy (non-hydrogen) atoms. The van der Waals surface area contributed by atoms with Crippen molar-refractivity contribution in [3.05, 3.63) is 47.3 Å². The third-order valence-electron chi connectivity index (χ3n) is 4.18. The second-order valence-electron chi connectivity index (χ2n) is 5.55. The van der Waals surface area contributed by atoms with Gasteiger partial charge in [0.25, 0.3) is 0 Å². The molecular weight excluding hydrogens is 264 g/mol. The highest BCUT2D eigenvalue weighted by atomic mass is 16.5. The zero-order valence-electron chi connectivity index (χ0n) is 12.7. The molecule has 3 rings (SSSR count). The van der Waals surface area contributed by atoms with Crippen molar-refractivity contribution in [2.45, 2.75) is 38.8 Å². The first-order chi connectivity index (χ1) is 10.3. The lowest BCUT2D eigenvalue weighted by Gasteiger charge is -2.22. The average Bonchev–Trinajstić information content (AvgIpc) is 3.16. The van der Waals surface area contributed by atoms with E-state index in [0.717, 1.165) is 43.1 Å². The van der Waals surface area contributed by atoms with Gasteiger partial charge in [0.05, 0.1) is 18.8 Å². The van der Waals surface area contributed by atoms with E-state index in [1.807, 2.05) is 12.1 Å². The van der Waals surface area contributed by atoms with Gasteiger partial charge >= 0.3 is 0 Å². The average molecular weight is 286 g/mol. The minimum Gasteiger partial charge on any atom is -0.497 e. The zero-order chi connectivity index (χ0) is 14.7. The van der Waals surface area contributed by atoms with Crippen LogP contribution in [0.5, 0.6) is 5.75 Å². The third kappa shape index (κ3) is 3.10. The summed E-state index contributed by atoms with van der Waals surface area (Å²) >= 11 is 0. The van der Waals surface area contributed by atoms with E-state index in [0.29, 0.717) is 6.04 Å². The normalized spacial score (nSPS) is 19.0. The van der Waals surface area contributed by atoms with Crippen LogP contribution in [0, 0.1) is 0 Å². The van der Waals surface area contributed by atoms with Crippen molar-refractivity contribution in [2.24, 2.45) is 0 Å². The van der Waals surface area contributed by atoms with Gasteiger partial charge in [0.15, 0.2) is 5.76 Å². The lowest BCUT2D eigenvalue weighted by atomic mass is 10.1. The Labute approximate surface area is 125 Å². The number of aromatic nitrogens is 1. The molecule has 4 heteroatoms. The highest BCUT2D eigenvalue weighted by molar-refractivity contribution is 5.27. The quantitative estimate of drug-likeness (QED) is 0.842. The molecule has 0 saturated carbocycles. The van der Waals surface area contributed by atoms with Gasteiger partial charge in [-0.15, -0.1) is 0 Å². The van der Waals surface area contributed by atoms with Gasteiger partial charge in [0.1, 0.15) is 5.75 Å². The summed E-state index contributed by atoms with van der Waals surface area (Å²) in [5, 5.41) is 4.13. The van der Waals surface area contributed by atoms with Crippen LogP contribution in [-0.2, 0) is 13.0 Å². The Morgan fingerprint density at radius 3 is 2.81 bits per heavy atom. The van der Waals surface area contributed by atoms with Crippen LogP contribution in [0.4, 0.5) is 0 Å². The van der Waals surface area contributed by atoms with Crippen molar-refractivity contribution >= 4 is 0 Å². The fraction of sp³-hybridized carbons (Fsp3) is 0.471. The van der Waals surface area contributed by atoms with Gasteiger partial charge in [-0.05, 0) is 43.5 Å². The van der Waals surface area contributed by atoms with Crippen molar-refractivity contribution < 1.29 is 9.26 Å². The van der Waals surface area contributed by atoms with Crippen LogP contribution < -0.4 is 4.74 Å². The number of ether oxygens (including phenoxy) is 1. The summed E-state index contributed by atoms with van der Waals surface area (Å²) in [7, 11) is 1.70. The van der Waals surface area contributed by atoms with E-state index < -0.39 is 0 Å². The molecule has 0 N–H and O–H groups in total. The first-order valence-electron chi connectivity index (χ1n) is 7.62. The summed E-state index contributed by atoms with van der Waals surface area (Å²) in [6.45, 7) is 4.15. The summed E-state index contributed by atoms with van der Waals surface area (Å²) < 4.78 is 10.7. The summed E-state index contributed by atoms with van der Waals surface area (Å²) in [5.74, 6) is 1.91. The van der Waals surface area contributed by atoms with Gasteiger partial charge in [0, 0.05) is 12.6 Å². The Morgan fingerprint density at radius 2 is 2.14 bits per heavy atom. The summed E-state index contributed by atoms with van der Waals surface area (Å²) in [4.78, 5) is 2.47. The first-order valence-corrected chi connectivity index (χ1v) is 7.62. The Morgan fingerprint density at radius 1 is 1.33 bits per heavy atom. The van der Waals surface area contributed by atoms with Crippen LogP contribution in [0.15, 0.2) is 34.9 Å². The van der Waals surface area contributed by atoms with Crippen LogP contribution in [0.2, 0.25) is 0 Å². The molecule has 1 fully saturated rings. The van der Waals surface area contributed by atoms with E-state index in [1.54, 1.807) is 7.11 Å². The number of rotatable bonds is 5. The molecule has 0 aliphatic carbocycles. The molecule has 4 nitrogen and oxygen atoms in total. The van der Waals surface area contributed by atoms with Gasteiger partial charge in [-0.2, -0.15) is 0 Å². The zero-order valence-corrected chi connectivity index (χ0v) is 12.7. The third-order valence-corrected chi connectivity index (χ3v) is 4.18. The highest BCUT2D eigenvalue weighted by Crippen LogP contribution is 2.33. The van der Waals surface area contributed by atoms with E-state index in [9.17, 15) is 0 Å². The molecule has 0 unspecified atom stereocenters. The number of benzene rings is 1. The SMILES string of the molecule is CCc1cc([C@H]2CCCN2Cc2ccc(OC)cc2)on1. The maximum Gasteiger partial charge on any atom is 0.154 e. The Bertz CT molecular complexity index is 577. The number of aryl methyl sites for hydroxylation is 1. The minimum absolute atomic E-state index is 0.361. The maximum absolute atomic E-state index is 5.53. The lowest BCUT2D eigenvalue weighted by molar-refractivity contribution is 0.206. The first kappa shape index (κ1) is 14.1. The molecule has 0 spiro atoms. The Hall–Kier alpha value is -1.81. The van der Waals surface area contributed by atoms with Crippen LogP contribution in [0.25, 0.3) is 0 Å². The monoisotopic (exact) mass is 286 g/mol. The Balaban J connectivity index is 1.71. The number of hydrogen-bond acceptors (Lipinski definition) is 4. The largest absolute Gasteiger partial charge is 0.497 e. The molecule has 0 amide bonds. The minimum atomic E-state index is 0.361. The van der Waals surface area contributed by atoms with E-state index in [1.165, 1.54) is 12.0 Å². The predicted molar refractivity (Wildman–Crippen MR) is 81.3 cm³/mol. The maximum atomic E-state index is 5.53. The Kier molecular flexibility index (Phi) is 4.25. The van der Waals surface area contributed by atoms with Crippen LogP contribution in [0.1, 0.15) is 42.8 Å². The predicted octanol–water partition coefficient (Wildman–Crippen LogP) is 3.58. The van der Waals surface area contributed by atoms with Crippen molar-refractivity contribution in [2.75, 3.05) is 13.7 Å². The number of nitrogens with zero attached hydrogens (tertiary/aromatic N) is 2. The fourth-order valence-electron chi connectivity index (χ4n) is 2.95. The summed E-state index contributed by atoms with van der Waals surface area (Å²) in [5.41, 5.74) is 2.35. The van der Waals surface area contributed by atoms with E-state index in [4.69, 9.17) is 9.26 Å². The molecule has 1 aromatic heterocycles. The molecule has 1 atom stereocenters. The van der Waals surface area contributed by atoms with E-state index in [2.05, 4.69) is 35.2 Å². The summed E-state index contributed by atoms with van der Waals surface area (Å²) in [6, 6.07) is 10.8. The molecule has 0 radical (unpaired) electrons. The van der Waals surface area contributed by atoms with Gasteiger partial charge in [-0.3, -0.25) is 4.90 Å². The highest BCUT2D eigenvalue weighted by Gasteiger charge is 2.29. The molecule has 112 valence electrons. The topological polar surface area (TPSA) is 38.5 Å². The van der Waals surface area contributed by atoms with Crippen molar-refractivity contribution in [1.82, 2.24) is 10.1 Å². The molecule has 1 aromatic carbocycles. The van der Waals surface area contributed by atoms with Crippen molar-refractivity contribution in [3.63, 3.8) is 0 Å². The van der Waals surface area contributed by atoms with Crippen LogP contribution in [0.3, 0.4) is 0 Å². The van der Waals surface area contributed by atoms with Crippen LogP contribution >= 0.6 is 0 Å². The molecule has 1 aliphatic heterocycles. The fourth-order valence-corrected chi connectivity index (χ4v) is 2.95. The van der Waals surface area contributed by atoms with Crippen molar-refractivity contribution in [3.8, 4) is 5.75 Å². The van der Waals surface area contributed by atoms with Crippen molar-refractivity contribution in [1.29, 1.82) is 0 Å².